The molecule has 0 atom stereocenters. The highest BCUT2D eigenvalue weighted by Crippen LogP contribution is 2.27. The molecule has 1 aromatic heterocycles. The maximum Gasteiger partial charge on any atom is 0.274 e. The minimum absolute atomic E-state index is 0.0196. The van der Waals surface area contributed by atoms with E-state index in [1.807, 2.05) is 18.2 Å². The van der Waals surface area contributed by atoms with E-state index in [0.717, 1.165) is 25.2 Å². The molecule has 0 bridgehead atoms. The van der Waals surface area contributed by atoms with Crippen LogP contribution in [0.25, 0.3) is 0 Å². The van der Waals surface area contributed by atoms with E-state index in [0.29, 0.717) is 50.8 Å². The molecule has 0 saturated carbocycles. The Bertz CT molecular complexity index is 953. The molecule has 190 valence electrons. The summed E-state index contributed by atoms with van der Waals surface area (Å²) >= 11 is 0. The van der Waals surface area contributed by atoms with Crippen LogP contribution in [0.2, 0.25) is 0 Å². The summed E-state index contributed by atoms with van der Waals surface area (Å²) < 4.78 is 16.0. The van der Waals surface area contributed by atoms with Crippen LogP contribution in [0.3, 0.4) is 0 Å². The third kappa shape index (κ3) is 7.90. The molecule has 1 aliphatic rings. The number of carbonyl (C=O) groups excluding carboxylic acids is 2. The molecule has 35 heavy (non-hydrogen) atoms. The summed E-state index contributed by atoms with van der Waals surface area (Å²) in [5.74, 6) is 1.10. The van der Waals surface area contributed by atoms with Crippen LogP contribution in [-0.2, 0) is 16.0 Å². The number of hydrogen-bond acceptors (Lipinski definition) is 8. The lowest BCUT2D eigenvalue weighted by Crippen LogP contribution is -2.44. The Kier molecular flexibility index (Phi) is 10.2. The van der Waals surface area contributed by atoms with Gasteiger partial charge in [0, 0.05) is 65.1 Å². The van der Waals surface area contributed by atoms with Gasteiger partial charge in [0.15, 0.2) is 11.5 Å². The second kappa shape index (κ2) is 13.6. The zero-order chi connectivity index (χ0) is 25.0. The summed E-state index contributed by atoms with van der Waals surface area (Å²) in [4.78, 5) is 39.7. The van der Waals surface area contributed by atoms with Gasteiger partial charge in [-0.15, -0.1) is 0 Å². The number of methoxy groups -OCH3 is 2. The predicted molar refractivity (Wildman–Crippen MR) is 131 cm³/mol. The van der Waals surface area contributed by atoms with Crippen LogP contribution in [0.4, 0.5) is 0 Å². The van der Waals surface area contributed by atoms with Crippen molar-refractivity contribution in [1.82, 2.24) is 24.7 Å². The molecular weight excluding hydrogens is 450 g/mol. The van der Waals surface area contributed by atoms with Gasteiger partial charge >= 0.3 is 0 Å². The number of hydrogen-bond donors (Lipinski definition) is 0. The topological polar surface area (TPSA) is 97.3 Å². The molecule has 10 nitrogen and oxygen atoms in total. The number of nitrogens with zero attached hydrogens (tertiary/aromatic N) is 5. The van der Waals surface area contributed by atoms with Crippen LogP contribution in [0.1, 0.15) is 22.5 Å². The van der Waals surface area contributed by atoms with Gasteiger partial charge in [0.25, 0.3) is 5.91 Å². The van der Waals surface area contributed by atoms with Gasteiger partial charge in [0.2, 0.25) is 5.91 Å². The number of rotatable bonds is 12. The molecule has 1 aliphatic heterocycles. The fourth-order valence-electron chi connectivity index (χ4n) is 3.85. The molecule has 0 N–H and O–H groups in total. The van der Waals surface area contributed by atoms with Crippen LogP contribution in [0.5, 0.6) is 11.5 Å². The van der Waals surface area contributed by atoms with Gasteiger partial charge in [-0.3, -0.25) is 19.5 Å². The molecule has 1 fully saturated rings. The van der Waals surface area contributed by atoms with Crippen LogP contribution >= 0.6 is 0 Å². The van der Waals surface area contributed by atoms with Crippen molar-refractivity contribution in [3.05, 3.63) is 48.0 Å². The molecule has 0 aliphatic carbocycles. The van der Waals surface area contributed by atoms with Crippen molar-refractivity contribution in [3.8, 4) is 11.5 Å². The Morgan fingerprint density at radius 3 is 2.51 bits per heavy atom. The summed E-state index contributed by atoms with van der Waals surface area (Å²) in [7, 11) is 4.99. The first-order valence-electron chi connectivity index (χ1n) is 11.8. The molecule has 10 heteroatoms. The maximum absolute atomic E-state index is 13.1. The fourth-order valence-corrected chi connectivity index (χ4v) is 3.85. The number of benzene rings is 1. The molecule has 1 aromatic carbocycles. The molecule has 2 aromatic rings. The maximum atomic E-state index is 13.1. The van der Waals surface area contributed by atoms with Crippen LogP contribution < -0.4 is 9.47 Å². The Balaban J connectivity index is 1.54. The van der Waals surface area contributed by atoms with Crippen LogP contribution in [0.15, 0.2) is 36.8 Å². The van der Waals surface area contributed by atoms with Gasteiger partial charge in [-0.1, -0.05) is 6.07 Å². The number of likely N-dealkylation sites (N-methyl/N-ethyl adjacent to an activating group) is 1. The quantitative estimate of drug-likeness (QED) is 0.445. The third-order valence-corrected chi connectivity index (χ3v) is 6.06. The smallest absolute Gasteiger partial charge is 0.274 e. The molecule has 1 saturated heterocycles. The minimum Gasteiger partial charge on any atom is -0.493 e. The Labute approximate surface area is 206 Å². The van der Waals surface area contributed by atoms with Gasteiger partial charge in [0.1, 0.15) is 5.69 Å². The molecule has 0 spiro atoms. The lowest BCUT2D eigenvalue weighted by Gasteiger charge is -2.30. The number of amides is 2. The predicted octanol–water partition coefficient (Wildman–Crippen LogP) is 1.36. The average Bonchev–Trinajstić information content (AvgIpc) is 2.92. The molecule has 3 rings (SSSR count). The summed E-state index contributed by atoms with van der Waals surface area (Å²) in [6, 6.07) is 5.75. The van der Waals surface area contributed by atoms with E-state index in [1.165, 1.54) is 18.6 Å². The van der Waals surface area contributed by atoms with Crippen molar-refractivity contribution in [2.24, 2.45) is 0 Å². The second-order valence-corrected chi connectivity index (χ2v) is 8.34. The van der Waals surface area contributed by atoms with E-state index in [2.05, 4.69) is 14.9 Å². The normalized spacial score (nSPS) is 13.8. The molecule has 2 heterocycles. The third-order valence-electron chi connectivity index (χ3n) is 6.06. The minimum atomic E-state index is -0.216. The molecular formula is C25H35N5O5. The fraction of sp³-hybridized carbons (Fsp3) is 0.520. The van der Waals surface area contributed by atoms with Gasteiger partial charge in [0.05, 0.1) is 33.6 Å². The number of aromatic nitrogens is 2. The summed E-state index contributed by atoms with van der Waals surface area (Å²) in [5.41, 5.74) is 1.33. The van der Waals surface area contributed by atoms with Crippen molar-refractivity contribution in [1.29, 1.82) is 0 Å². The first-order chi connectivity index (χ1) is 17.0. The largest absolute Gasteiger partial charge is 0.493 e. The van der Waals surface area contributed by atoms with E-state index in [1.54, 1.807) is 31.1 Å². The summed E-state index contributed by atoms with van der Waals surface area (Å²) in [6.45, 7) is 5.18. The van der Waals surface area contributed by atoms with Gasteiger partial charge in [-0.25, -0.2) is 4.98 Å². The Hall–Kier alpha value is -3.24. The van der Waals surface area contributed by atoms with E-state index < -0.39 is 0 Å². The lowest BCUT2D eigenvalue weighted by atomic mass is 10.1. The Morgan fingerprint density at radius 1 is 1.06 bits per heavy atom. The van der Waals surface area contributed by atoms with Crippen molar-refractivity contribution in [2.45, 2.75) is 12.8 Å². The number of carbonyl (C=O) groups is 2. The zero-order valence-electron chi connectivity index (χ0n) is 20.8. The SMILES string of the molecule is COc1ccc(CCN(C)C(=O)CCN(CCN2CCOCC2)C(=O)c2cnccn2)cc1OC. The molecule has 0 radical (unpaired) electrons. The van der Waals surface area contributed by atoms with E-state index in [-0.39, 0.29) is 23.9 Å². The van der Waals surface area contributed by atoms with Crippen molar-refractivity contribution in [3.63, 3.8) is 0 Å². The highest BCUT2D eigenvalue weighted by molar-refractivity contribution is 5.92. The zero-order valence-corrected chi connectivity index (χ0v) is 20.8. The molecule has 2 amide bonds. The standard InChI is InChI=1S/C25H35N5O5/c1-28(10-6-20-4-5-22(33-2)23(18-20)34-3)24(31)7-11-30(13-12-29-14-16-35-17-15-29)25(32)21-19-26-8-9-27-21/h4-5,8-9,18-19H,6-7,10-17H2,1-3H3. The first kappa shape index (κ1) is 26.4. The van der Waals surface area contributed by atoms with E-state index in [4.69, 9.17) is 14.2 Å². The van der Waals surface area contributed by atoms with Gasteiger partial charge < -0.3 is 24.0 Å². The highest BCUT2D eigenvalue weighted by atomic mass is 16.5. The molecule has 0 unspecified atom stereocenters. The Morgan fingerprint density at radius 2 is 1.83 bits per heavy atom. The number of morpholine rings is 1. The van der Waals surface area contributed by atoms with Gasteiger partial charge in [-0.05, 0) is 24.1 Å². The summed E-state index contributed by atoms with van der Waals surface area (Å²) in [5, 5.41) is 0. The van der Waals surface area contributed by atoms with Crippen molar-refractivity contribution < 1.29 is 23.8 Å². The average molecular weight is 486 g/mol. The van der Waals surface area contributed by atoms with Crippen LogP contribution in [0, 0.1) is 0 Å². The van der Waals surface area contributed by atoms with Crippen LogP contribution in [-0.4, -0.2) is 110 Å². The first-order valence-corrected chi connectivity index (χ1v) is 11.8. The number of ether oxygens (including phenoxy) is 3. The van der Waals surface area contributed by atoms with Crippen molar-refractivity contribution in [2.75, 3.05) is 73.7 Å². The lowest BCUT2D eigenvalue weighted by molar-refractivity contribution is -0.130. The van der Waals surface area contributed by atoms with Gasteiger partial charge in [-0.2, -0.15) is 0 Å². The van der Waals surface area contributed by atoms with E-state index >= 15 is 0 Å². The highest BCUT2D eigenvalue weighted by Gasteiger charge is 2.21. The summed E-state index contributed by atoms with van der Waals surface area (Å²) in [6.07, 6.45) is 5.41. The monoisotopic (exact) mass is 485 g/mol. The second-order valence-electron chi connectivity index (χ2n) is 8.34. The van der Waals surface area contributed by atoms with E-state index in [9.17, 15) is 9.59 Å². The van der Waals surface area contributed by atoms with Crippen molar-refractivity contribution >= 4 is 11.8 Å².